The minimum atomic E-state index is -4.52. The van der Waals surface area contributed by atoms with Gasteiger partial charge in [0.2, 0.25) is 0 Å². The van der Waals surface area contributed by atoms with Crippen LogP contribution in [0, 0.1) is 5.92 Å². The van der Waals surface area contributed by atoms with Gasteiger partial charge in [-0.1, -0.05) is 17.3 Å². The first-order valence-corrected chi connectivity index (χ1v) is 7.40. The monoisotopic (exact) mass is 340 g/mol. The molecule has 0 spiro atoms. The van der Waals surface area contributed by atoms with Crippen molar-refractivity contribution in [2.24, 2.45) is 5.92 Å². The van der Waals surface area contributed by atoms with Gasteiger partial charge in [0.05, 0.1) is 24.1 Å². The Morgan fingerprint density at radius 2 is 2.17 bits per heavy atom. The number of para-hydroxylation sites is 1. The third-order valence-corrected chi connectivity index (χ3v) is 3.76. The van der Waals surface area contributed by atoms with Crippen molar-refractivity contribution < 1.29 is 22.7 Å². The molecule has 2 aromatic rings. The Morgan fingerprint density at radius 1 is 1.38 bits per heavy atom. The van der Waals surface area contributed by atoms with Gasteiger partial charge in [-0.25, -0.2) is 4.68 Å². The summed E-state index contributed by atoms with van der Waals surface area (Å²) in [6.07, 6.45) is -2.47. The van der Waals surface area contributed by atoms with Crippen molar-refractivity contribution in [3.05, 3.63) is 41.7 Å². The number of ether oxygens (including phenoxy) is 1. The smallest absolute Gasteiger partial charge is 0.381 e. The van der Waals surface area contributed by atoms with Crippen molar-refractivity contribution in [1.29, 1.82) is 0 Å². The van der Waals surface area contributed by atoms with Gasteiger partial charge in [0.15, 0.2) is 5.69 Å². The zero-order valence-corrected chi connectivity index (χ0v) is 12.6. The van der Waals surface area contributed by atoms with Crippen LogP contribution in [-0.4, -0.2) is 40.7 Å². The maximum absolute atomic E-state index is 13.0. The average molecular weight is 340 g/mol. The first-order chi connectivity index (χ1) is 11.4. The van der Waals surface area contributed by atoms with E-state index in [1.54, 1.807) is 0 Å². The van der Waals surface area contributed by atoms with Crippen LogP contribution in [0.15, 0.2) is 30.5 Å². The van der Waals surface area contributed by atoms with Crippen molar-refractivity contribution in [2.75, 3.05) is 19.8 Å². The van der Waals surface area contributed by atoms with Gasteiger partial charge >= 0.3 is 6.18 Å². The van der Waals surface area contributed by atoms with Crippen LogP contribution >= 0.6 is 0 Å². The number of hydrogen-bond donors (Lipinski definition) is 1. The molecule has 1 saturated heterocycles. The van der Waals surface area contributed by atoms with Gasteiger partial charge in [-0.05, 0) is 18.6 Å². The van der Waals surface area contributed by atoms with Crippen molar-refractivity contribution >= 4 is 5.91 Å². The third kappa shape index (κ3) is 3.56. The number of nitrogens with one attached hydrogen (secondary N) is 1. The predicted molar refractivity (Wildman–Crippen MR) is 77.6 cm³/mol. The van der Waals surface area contributed by atoms with Crippen LogP contribution in [-0.2, 0) is 10.9 Å². The average Bonchev–Trinajstić information content (AvgIpc) is 3.23. The highest BCUT2D eigenvalue weighted by atomic mass is 19.4. The Bertz CT molecular complexity index is 724. The van der Waals surface area contributed by atoms with Crippen molar-refractivity contribution in [1.82, 2.24) is 20.3 Å². The van der Waals surface area contributed by atoms with Gasteiger partial charge in [0, 0.05) is 19.1 Å². The summed E-state index contributed by atoms with van der Waals surface area (Å²) in [4.78, 5) is 12.0. The number of benzene rings is 1. The lowest BCUT2D eigenvalue weighted by atomic mass is 10.1. The lowest BCUT2D eigenvalue weighted by Gasteiger charge is -2.11. The summed E-state index contributed by atoms with van der Waals surface area (Å²) in [5.41, 5.74) is -1.06. The van der Waals surface area contributed by atoms with Crippen LogP contribution in [0.25, 0.3) is 5.69 Å². The third-order valence-electron chi connectivity index (χ3n) is 3.76. The second kappa shape index (κ2) is 6.60. The van der Waals surface area contributed by atoms with E-state index in [2.05, 4.69) is 15.6 Å². The van der Waals surface area contributed by atoms with Crippen molar-refractivity contribution in [2.45, 2.75) is 12.6 Å². The normalized spacial score (nSPS) is 17.9. The molecule has 1 unspecified atom stereocenters. The molecule has 1 amide bonds. The van der Waals surface area contributed by atoms with E-state index in [1.807, 2.05) is 0 Å². The zero-order valence-electron chi connectivity index (χ0n) is 12.6. The molecular weight excluding hydrogens is 325 g/mol. The number of rotatable bonds is 4. The second-order valence-electron chi connectivity index (χ2n) is 5.50. The predicted octanol–water partition coefficient (Wildman–Crippen LogP) is 2.05. The largest absolute Gasteiger partial charge is 0.418 e. The van der Waals surface area contributed by atoms with Crippen LogP contribution in [0.4, 0.5) is 13.2 Å². The molecule has 6 nitrogen and oxygen atoms in total. The molecule has 0 radical (unpaired) electrons. The topological polar surface area (TPSA) is 69.0 Å². The molecule has 0 aliphatic carbocycles. The van der Waals surface area contributed by atoms with Crippen molar-refractivity contribution in [3.63, 3.8) is 0 Å². The lowest BCUT2D eigenvalue weighted by Crippen LogP contribution is -2.29. The molecule has 1 atom stereocenters. The fourth-order valence-corrected chi connectivity index (χ4v) is 2.47. The van der Waals surface area contributed by atoms with Crippen LogP contribution in [0.5, 0.6) is 0 Å². The van der Waals surface area contributed by atoms with E-state index in [-0.39, 0.29) is 17.3 Å². The number of halogens is 3. The van der Waals surface area contributed by atoms with Crippen LogP contribution in [0.1, 0.15) is 22.5 Å². The quantitative estimate of drug-likeness (QED) is 0.925. The number of carbonyl (C=O) groups excluding carboxylic acids is 1. The molecule has 9 heteroatoms. The molecule has 1 N–H and O–H groups in total. The Balaban J connectivity index is 1.75. The summed E-state index contributed by atoms with van der Waals surface area (Å²) in [6, 6.07) is 4.98. The Morgan fingerprint density at radius 3 is 2.88 bits per heavy atom. The van der Waals surface area contributed by atoms with E-state index in [9.17, 15) is 18.0 Å². The first kappa shape index (κ1) is 16.4. The second-order valence-corrected chi connectivity index (χ2v) is 5.50. The van der Waals surface area contributed by atoms with E-state index < -0.39 is 17.6 Å². The Kier molecular flexibility index (Phi) is 4.52. The van der Waals surface area contributed by atoms with Gasteiger partial charge in [-0.15, -0.1) is 5.10 Å². The van der Waals surface area contributed by atoms with E-state index in [4.69, 9.17) is 4.74 Å². The van der Waals surface area contributed by atoms with Crippen molar-refractivity contribution in [3.8, 4) is 5.69 Å². The molecule has 1 aromatic heterocycles. The molecule has 1 aliphatic heterocycles. The molecule has 1 fully saturated rings. The molecule has 2 heterocycles. The number of alkyl halides is 3. The molecule has 0 saturated carbocycles. The first-order valence-electron chi connectivity index (χ1n) is 7.40. The fraction of sp³-hybridized carbons (Fsp3) is 0.400. The standard InChI is InChI=1S/C15H15F3N4O2/c16-15(17,18)11-3-1-2-4-13(11)22-8-12(20-21-22)14(23)19-7-10-5-6-24-9-10/h1-4,8,10H,5-7,9H2,(H,19,23). The summed E-state index contributed by atoms with van der Waals surface area (Å²) >= 11 is 0. The summed E-state index contributed by atoms with van der Waals surface area (Å²) < 4.78 is 45.3. The van der Waals surface area contributed by atoms with E-state index >= 15 is 0 Å². The van der Waals surface area contributed by atoms with E-state index in [1.165, 1.54) is 24.4 Å². The maximum Gasteiger partial charge on any atom is 0.418 e. The van der Waals surface area contributed by atoms with E-state index in [0.717, 1.165) is 17.2 Å². The van der Waals surface area contributed by atoms with Crippen LogP contribution < -0.4 is 5.32 Å². The minimum absolute atomic E-state index is 0.0362. The number of nitrogens with zero attached hydrogens (tertiary/aromatic N) is 3. The molecule has 3 rings (SSSR count). The molecule has 128 valence electrons. The van der Waals surface area contributed by atoms with Crippen LogP contribution in [0.3, 0.4) is 0 Å². The fourth-order valence-electron chi connectivity index (χ4n) is 2.47. The SMILES string of the molecule is O=C(NCC1CCOC1)c1cn(-c2ccccc2C(F)(F)F)nn1. The molecule has 1 aliphatic rings. The number of hydrogen-bond acceptors (Lipinski definition) is 4. The summed E-state index contributed by atoms with van der Waals surface area (Å²) in [5, 5.41) is 10.00. The van der Waals surface area contributed by atoms with Gasteiger partial charge in [0.1, 0.15) is 0 Å². The summed E-state index contributed by atoms with van der Waals surface area (Å²) in [5.74, 6) is -0.229. The molecule has 1 aromatic carbocycles. The van der Waals surface area contributed by atoms with Crippen LogP contribution in [0.2, 0.25) is 0 Å². The van der Waals surface area contributed by atoms with Gasteiger partial charge in [-0.3, -0.25) is 4.79 Å². The summed E-state index contributed by atoms with van der Waals surface area (Å²) in [7, 11) is 0. The molecule has 24 heavy (non-hydrogen) atoms. The lowest BCUT2D eigenvalue weighted by molar-refractivity contribution is -0.137. The Labute approximate surface area is 135 Å². The van der Waals surface area contributed by atoms with Gasteiger partial charge in [0.25, 0.3) is 5.91 Å². The summed E-state index contributed by atoms with van der Waals surface area (Å²) in [6.45, 7) is 1.70. The molecular formula is C15H15F3N4O2. The van der Waals surface area contributed by atoms with E-state index in [0.29, 0.717) is 19.8 Å². The van der Waals surface area contributed by atoms with Gasteiger partial charge < -0.3 is 10.1 Å². The zero-order chi connectivity index (χ0) is 17.2. The highest BCUT2D eigenvalue weighted by Crippen LogP contribution is 2.33. The Hall–Kier alpha value is -2.42. The minimum Gasteiger partial charge on any atom is -0.381 e. The number of amides is 1. The number of aromatic nitrogens is 3. The number of carbonyl (C=O) groups is 1. The molecule has 0 bridgehead atoms. The highest BCUT2D eigenvalue weighted by Gasteiger charge is 2.34. The maximum atomic E-state index is 13.0. The highest BCUT2D eigenvalue weighted by molar-refractivity contribution is 5.91. The van der Waals surface area contributed by atoms with Gasteiger partial charge in [-0.2, -0.15) is 13.2 Å².